The number of carbonyl (C=O) groups is 2. The Hall–Kier alpha value is -4.06. The number of benzene rings is 3. The van der Waals surface area contributed by atoms with Gasteiger partial charge >= 0.3 is 0 Å². The van der Waals surface area contributed by atoms with Crippen LogP contribution in [0.5, 0.6) is 17.2 Å². The Morgan fingerprint density at radius 1 is 0.974 bits per heavy atom. The molecule has 1 aliphatic rings. The number of nitrogens with zero attached hydrogens (tertiary/aromatic N) is 2. The summed E-state index contributed by atoms with van der Waals surface area (Å²) < 4.78 is 72.5. The summed E-state index contributed by atoms with van der Waals surface area (Å²) in [4.78, 5) is 25.0. The minimum Gasteiger partial charge on any atom is -0.492 e. The van der Waals surface area contributed by atoms with Crippen LogP contribution in [-0.2, 0) is 4.79 Å². The smallest absolute Gasteiger partial charge is 0.278 e. The first-order chi connectivity index (χ1) is 18.2. The Morgan fingerprint density at radius 2 is 1.66 bits per heavy atom. The molecule has 1 aliphatic heterocycles. The molecule has 1 atom stereocenters. The Morgan fingerprint density at radius 3 is 2.29 bits per heavy atom. The highest BCUT2D eigenvalue weighted by Gasteiger charge is 2.39. The topological polar surface area (TPSA) is 77.4 Å². The van der Waals surface area contributed by atoms with E-state index in [0.29, 0.717) is 17.2 Å². The molecule has 0 saturated heterocycles. The second kappa shape index (κ2) is 11.1. The zero-order valence-electron chi connectivity index (χ0n) is 20.3. The summed E-state index contributed by atoms with van der Waals surface area (Å²) >= 11 is 1.05. The average Bonchev–Trinajstić information content (AvgIpc) is 3.35. The van der Waals surface area contributed by atoms with Crippen molar-refractivity contribution < 1.29 is 41.4 Å². The van der Waals surface area contributed by atoms with Gasteiger partial charge in [0.2, 0.25) is 5.82 Å². The molecule has 3 aromatic carbocycles. The number of para-hydroxylation sites is 1. The number of ketones is 1. The lowest BCUT2D eigenvalue weighted by molar-refractivity contribution is -0.118. The van der Waals surface area contributed by atoms with Crippen molar-refractivity contribution in [3.63, 3.8) is 0 Å². The third-order valence-corrected chi connectivity index (χ3v) is 6.62. The maximum Gasteiger partial charge on any atom is 0.278 e. The fraction of sp³-hybridized carbons (Fsp3) is 0.192. The summed E-state index contributed by atoms with van der Waals surface area (Å²) in [5.41, 5.74) is -0.0240. The van der Waals surface area contributed by atoms with Crippen molar-refractivity contribution in [2.45, 2.75) is 12.3 Å². The van der Waals surface area contributed by atoms with E-state index in [1.54, 1.807) is 18.2 Å². The van der Waals surface area contributed by atoms with Crippen molar-refractivity contribution in [2.24, 2.45) is 5.10 Å². The summed E-state index contributed by atoms with van der Waals surface area (Å²) in [6, 6.07) is 10.5. The number of Topliss-reactive ketones (excluding diaryl/α,β-unsaturated/α-hetero) is 1. The molecule has 0 aromatic heterocycles. The highest BCUT2D eigenvalue weighted by atomic mass is 32.2. The highest BCUT2D eigenvalue weighted by molar-refractivity contribution is 8.14. The van der Waals surface area contributed by atoms with E-state index in [1.807, 2.05) is 0 Å². The summed E-state index contributed by atoms with van der Waals surface area (Å²) in [7, 11) is 2.29. The molecule has 4 rings (SSSR count). The minimum atomic E-state index is -1.58. The molecule has 0 fully saturated rings. The zero-order chi connectivity index (χ0) is 27.6. The third kappa shape index (κ3) is 5.17. The van der Waals surface area contributed by atoms with Gasteiger partial charge in [-0.2, -0.15) is 9.49 Å². The van der Waals surface area contributed by atoms with Gasteiger partial charge in [-0.1, -0.05) is 23.9 Å². The quantitative estimate of drug-likeness (QED) is 0.274. The summed E-state index contributed by atoms with van der Waals surface area (Å²) in [6.07, 6.45) is 0. The van der Waals surface area contributed by atoms with Crippen LogP contribution >= 0.6 is 11.8 Å². The summed E-state index contributed by atoms with van der Waals surface area (Å²) in [5.74, 6) is -7.01. The second-order valence-electron chi connectivity index (χ2n) is 7.97. The Labute approximate surface area is 219 Å². The molecule has 1 amide bonds. The number of ether oxygens (including phenoxy) is 3. The van der Waals surface area contributed by atoms with Crippen molar-refractivity contribution in [3.8, 4) is 17.2 Å². The first-order valence-corrected chi connectivity index (χ1v) is 11.9. The highest BCUT2D eigenvalue weighted by Crippen LogP contribution is 2.48. The molecular weight excluding hydrogens is 528 g/mol. The fourth-order valence-electron chi connectivity index (χ4n) is 3.67. The number of hydrogen-bond acceptors (Lipinski definition) is 7. The lowest BCUT2D eigenvalue weighted by atomic mass is 10.1. The molecule has 1 heterocycles. The van der Waals surface area contributed by atoms with E-state index in [-0.39, 0.29) is 28.9 Å². The van der Waals surface area contributed by atoms with Crippen LogP contribution in [0.1, 0.15) is 33.8 Å². The number of halogens is 4. The van der Waals surface area contributed by atoms with Crippen molar-refractivity contribution in [1.82, 2.24) is 5.01 Å². The van der Waals surface area contributed by atoms with E-state index in [4.69, 9.17) is 9.47 Å². The number of thioether (sulfide) groups is 1. The predicted molar refractivity (Wildman–Crippen MR) is 131 cm³/mol. The normalized spacial score (nSPS) is 14.8. The Balaban J connectivity index is 1.84. The molecule has 7 nitrogen and oxygen atoms in total. The molecule has 38 heavy (non-hydrogen) atoms. The van der Waals surface area contributed by atoms with Crippen LogP contribution in [0.3, 0.4) is 0 Å². The standard InChI is InChI=1S/C26H20F4N2O5S/c1-13(33)12-37-19-6-4-5-16(22(19)35-2)26-32(31-24(38-26)14-7-9-15(27)10-8-14)25(34)17-11-18(28)21(30)23(36-3)20(17)29/h4-11,26H,12H2,1-3H3. The van der Waals surface area contributed by atoms with Crippen molar-refractivity contribution >= 4 is 28.5 Å². The number of carbonyl (C=O) groups excluding carboxylic acids is 2. The molecular formula is C26H20F4N2O5S. The van der Waals surface area contributed by atoms with Gasteiger partial charge in [0, 0.05) is 11.1 Å². The van der Waals surface area contributed by atoms with Gasteiger partial charge in [-0.25, -0.2) is 18.2 Å². The summed E-state index contributed by atoms with van der Waals surface area (Å²) in [6.45, 7) is 1.11. The monoisotopic (exact) mass is 548 g/mol. The average molecular weight is 549 g/mol. The largest absolute Gasteiger partial charge is 0.492 e. The van der Waals surface area contributed by atoms with Crippen LogP contribution in [0.2, 0.25) is 0 Å². The maximum absolute atomic E-state index is 15.0. The van der Waals surface area contributed by atoms with Gasteiger partial charge in [-0.15, -0.1) is 0 Å². The van der Waals surface area contributed by atoms with Crippen LogP contribution in [0.15, 0.2) is 53.6 Å². The molecule has 0 radical (unpaired) electrons. The summed E-state index contributed by atoms with van der Waals surface area (Å²) in [5, 5.41) is 4.45. The third-order valence-electron chi connectivity index (χ3n) is 5.40. The first kappa shape index (κ1) is 27.0. The van der Waals surface area contributed by atoms with E-state index in [1.165, 1.54) is 38.3 Å². The number of hydrazone groups is 1. The molecule has 1 unspecified atom stereocenters. The molecule has 12 heteroatoms. The van der Waals surface area contributed by atoms with E-state index < -0.39 is 45.9 Å². The van der Waals surface area contributed by atoms with Gasteiger partial charge in [0.1, 0.15) is 22.8 Å². The van der Waals surface area contributed by atoms with Crippen LogP contribution in [0.25, 0.3) is 0 Å². The van der Waals surface area contributed by atoms with Gasteiger partial charge in [-0.3, -0.25) is 9.59 Å². The van der Waals surface area contributed by atoms with Crippen LogP contribution in [0, 0.1) is 23.3 Å². The molecule has 0 aliphatic carbocycles. The molecule has 0 spiro atoms. The SMILES string of the molecule is COc1c(OCC(C)=O)cccc1C1SC(c2ccc(F)cc2)=NN1C(=O)c1cc(F)c(F)c(OC)c1F. The van der Waals surface area contributed by atoms with Gasteiger partial charge in [0.05, 0.1) is 19.8 Å². The van der Waals surface area contributed by atoms with Gasteiger partial charge in [0.25, 0.3) is 5.91 Å². The lowest BCUT2D eigenvalue weighted by Crippen LogP contribution is -2.27. The predicted octanol–water partition coefficient (Wildman–Crippen LogP) is 5.48. The molecule has 0 bridgehead atoms. The van der Waals surface area contributed by atoms with E-state index in [9.17, 15) is 22.8 Å². The van der Waals surface area contributed by atoms with Crippen molar-refractivity contribution in [3.05, 3.63) is 88.5 Å². The minimum absolute atomic E-state index is 0.169. The van der Waals surface area contributed by atoms with Crippen molar-refractivity contribution in [2.75, 3.05) is 20.8 Å². The van der Waals surface area contributed by atoms with Crippen LogP contribution in [0.4, 0.5) is 17.6 Å². The lowest BCUT2D eigenvalue weighted by Gasteiger charge is -2.24. The number of hydrogen-bond donors (Lipinski definition) is 0. The molecule has 0 saturated carbocycles. The van der Waals surface area contributed by atoms with Gasteiger partial charge in [-0.05, 0) is 43.3 Å². The van der Waals surface area contributed by atoms with E-state index >= 15 is 4.39 Å². The second-order valence-corrected chi connectivity index (χ2v) is 9.04. The van der Waals surface area contributed by atoms with E-state index in [2.05, 4.69) is 9.84 Å². The van der Waals surface area contributed by atoms with Crippen molar-refractivity contribution in [1.29, 1.82) is 0 Å². The van der Waals surface area contributed by atoms with Gasteiger partial charge < -0.3 is 14.2 Å². The Bertz CT molecular complexity index is 1430. The number of methoxy groups -OCH3 is 2. The first-order valence-electron chi connectivity index (χ1n) is 11.0. The maximum atomic E-state index is 15.0. The number of rotatable bonds is 8. The molecule has 0 N–H and O–H groups in total. The molecule has 198 valence electrons. The molecule has 3 aromatic rings. The Kier molecular flexibility index (Phi) is 7.91. The van der Waals surface area contributed by atoms with Crippen LogP contribution in [-0.4, -0.2) is 42.6 Å². The van der Waals surface area contributed by atoms with Crippen LogP contribution < -0.4 is 14.2 Å². The number of amides is 1. The van der Waals surface area contributed by atoms with E-state index in [0.717, 1.165) is 23.9 Å². The zero-order valence-corrected chi connectivity index (χ0v) is 21.1. The fourth-order valence-corrected chi connectivity index (χ4v) is 4.85. The van der Waals surface area contributed by atoms with Gasteiger partial charge in [0.15, 0.2) is 34.7 Å².